The summed E-state index contributed by atoms with van der Waals surface area (Å²) in [5.41, 5.74) is 0.126. The van der Waals surface area contributed by atoms with Gasteiger partial charge in [-0.1, -0.05) is 18.2 Å². The van der Waals surface area contributed by atoms with Crippen LogP contribution in [0.25, 0.3) is 0 Å². The van der Waals surface area contributed by atoms with Gasteiger partial charge in [0.2, 0.25) is 10.0 Å². The van der Waals surface area contributed by atoms with Crippen LogP contribution in [0.5, 0.6) is 0 Å². The predicted octanol–water partition coefficient (Wildman–Crippen LogP) is 3.25. The van der Waals surface area contributed by atoms with Crippen molar-refractivity contribution in [3.63, 3.8) is 0 Å². The predicted molar refractivity (Wildman–Crippen MR) is 81.3 cm³/mol. The van der Waals surface area contributed by atoms with Gasteiger partial charge in [0.15, 0.2) is 4.58 Å². The standard InChI is InChI=1S/C13H18F3NO3S2/c1-12(2,3)21(18)11(9-13(14,15)16)22(19,20)17-10-7-5-4-6-8-10/h4-8,11,17H,9H2,1-3H3. The first kappa shape index (κ1) is 19.0. The van der Waals surface area contributed by atoms with Crippen molar-refractivity contribution in [3.8, 4) is 0 Å². The summed E-state index contributed by atoms with van der Waals surface area (Å²) in [6, 6.07) is 7.53. The van der Waals surface area contributed by atoms with Crippen LogP contribution in [0.2, 0.25) is 0 Å². The largest absolute Gasteiger partial charge is 0.391 e. The molecule has 0 bridgehead atoms. The van der Waals surface area contributed by atoms with Gasteiger partial charge in [-0.25, -0.2) is 8.42 Å². The number of sulfonamides is 1. The van der Waals surface area contributed by atoms with E-state index in [0.717, 1.165) is 0 Å². The van der Waals surface area contributed by atoms with Crippen LogP contribution in [-0.4, -0.2) is 28.1 Å². The maximum atomic E-state index is 12.7. The summed E-state index contributed by atoms with van der Waals surface area (Å²) in [6.07, 6.45) is -6.41. The Kier molecular flexibility index (Phi) is 5.66. The molecule has 0 heterocycles. The summed E-state index contributed by atoms with van der Waals surface area (Å²) < 4.78 is 73.8. The second-order valence-corrected chi connectivity index (χ2v) is 10.2. The fraction of sp³-hybridized carbons (Fsp3) is 0.538. The van der Waals surface area contributed by atoms with Crippen LogP contribution >= 0.6 is 0 Å². The number of anilines is 1. The molecule has 1 N–H and O–H groups in total. The Balaban J connectivity index is 3.17. The van der Waals surface area contributed by atoms with E-state index in [9.17, 15) is 25.8 Å². The van der Waals surface area contributed by atoms with Gasteiger partial charge in [-0.2, -0.15) is 13.2 Å². The summed E-state index contributed by atoms with van der Waals surface area (Å²) in [7, 11) is -6.70. The van der Waals surface area contributed by atoms with Crippen molar-refractivity contribution in [1.29, 1.82) is 0 Å². The van der Waals surface area contributed by atoms with E-state index in [-0.39, 0.29) is 5.69 Å². The highest BCUT2D eigenvalue weighted by atomic mass is 32.3. The third-order valence-electron chi connectivity index (χ3n) is 2.62. The molecule has 0 aliphatic heterocycles. The summed E-state index contributed by atoms with van der Waals surface area (Å²) in [4.78, 5) is 0. The molecule has 1 rings (SSSR count). The SMILES string of the molecule is CC(C)(C)S(=O)C(CC(F)(F)F)S(=O)(=O)Nc1ccccc1. The first-order chi connectivity index (χ1) is 9.83. The maximum absolute atomic E-state index is 12.7. The van der Waals surface area contributed by atoms with E-state index < -0.39 is 42.7 Å². The van der Waals surface area contributed by atoms with Gasteiger partial charge in [0, 0.05) is 21.2 Å². The van der Waals surface area contributed by atoms with Crippen molar-refractivity contribution in [2.24, 2.45) is 0 Å². The van der Waals surface area contributed by atoms with Crippen LogP contribution in [0.15, 0.2) is 30.3 Å². The van der Waals surface area contributed by atoms with E-state index in [0.29, 0.717) is 0 Å². The van der Waals surface area contributed by atoms with Crippen molar-refractivity contribution in [2.45, 2.75) is 42.7 Å². The van der Waals surface area contributed by atoms with Crippen LogP contribution in [0.3, 0.4) is 0 Å². The van der Waals surface area contributed by atoms with Crippen molar-refractivity contribution in [2.75, 3.05) is 4.72 Å². The number of para-hydroxylation sites is 1. The maximum Gasteiger partial charge on any atom is 0.391 e. The molecule has 0 aliphatic rings. The number of halogens is 3. The molecule has 0 radical (unpaired) electrons. The minimum atomic E-state index is -4.74. The lowest BCUT2D eigenvalue weighted by atomic mass is 10.3. The van der Waals surface area contributed by atoms with Gasteiger partial charge in [0.05, 0.1) is 6.42 Å². The van der Waals surface area contributed by atoms with Gasteiger partial charge in [-0.05, 0) is 32.9 Å². The summed E-state index contributed by atoms with van der Waals surface area (Å²) in [5, 5.41) is 0. The van der Waals surface area contributed by atoms with Crippen molar-refractivity contribution < 1.29 is 25.8 Å². The Morgan fingerprint density at radius 2 is 1.64 bits per heavy atom. The molecule has 0 aliphatic carbocycles. The van der Waals surface area contributed by atoms with Crippen LogP contribution in [0.1, 0.15) is 27.2 Å². The molecule has 1 aromatic rings. The molecule has 4 nitrogen and oxygen atoms in total. The zero-order valence-corrected chi connectivity index (χ0v) is 14.0. The minimum absolute atomic E-state index is 0.126. The quantitative estimate of drug-likeness (QED) is 0.880. The molecule has 0 amide bonds. The zero-order chi connectivity index (χ0) is 17.2. The topological polar surface area (TPSA) is 63.2 Å². The van der Waals surface area contributed by atoms with Gasteiger partial charge >= 0.3 is 6.18 Å². The molecule has 9 heteroatoms. The summed E-state index contributed by atoms with van der Waals surface area (Å²) in [6.45, 7) is 4.31. The van der Waals surface area contributed by atoms with Crippen molar-refractivity contribution in [3.05, 3.63) is 30.3 Å². The molecule has 2 unspecified atom stereocenters. The first-order valence-electron chi connectivity index (χ1n) is 6.37. The third kappa shape index (κ3) is 5.60. The van der Waals surface area contributed by atoms with E-state index >= 15 is 0 Å². The second kappa shape index (κ2) is 6.57. The lowest BCUT2D eigenvalue weighted by Gasteiger charge is -2.26. The molecule has 22 heavy (non-hydrogen) atoms. The third-order valence-corrected chi connectivity index (χ3v) is 7.14. The summed E-state index contributed by atoms with van der Waals surface area (Å²) >= 11 is 0. The van der Waals surface area contributed by atoms with E-state index in [4.69, 9.17) is 0 Å². The number of nitrogens with one attached hydrogen (secondary N) is 1. The minimum Gasteiger partial charge on any atom is -0.283 e. The highest BCUT2D eigenvalue weighted by Crippen LogP contribution is 2.31. The number of hydrogen-bond acceptors (Lipinski definition) is 3. The van der Waals surface area contributed by atoms with Crippen LogP contribution in [0, 0.1) is 0 Å². The molecule has 0 saturated carbocycles. The Bertz CT molecular complexity index is 622. The van der Waals surface area contributed by atoms with E-state index in [1.165, 1.54) is 45.0 Å². The zero-order valence-electron chi connectivity index (χ0n) is 12.3. The smallest absolute Gasteiger partial charge is 0.283 e. The molecule has 2 atom stereocenters. The molecule has 1 aromatic carbocycles. The molecule has 0 spiro atoms. The molecular weight excluding hydrogens is 339 g/mol. The number of benzene rings is 1. The van der Waals surface area contributed by atoms with Gasteiger partial charge in [0.1, 0.15) is 0 Å². The highest BCUT2D eigenvalue weighted by molar-refractivity contribution is 8.07. The molecule has 0 saturated heterocycles. The molecule has 0 aromatic heterocycles. The van der Waals surface area contributed by atoms with Crippen molar-refractivity contribution in [1.82, 2.24) is 0 Å². The van der Waals surface area contributed by atoms with E-state index in [1.54, 1.807) is 6.07 Å². The average Bonchev–Trinajstić information content (AvgIpc) is 2.33. The fourth-order valence-electron chi connectivity index (χ4n) is 1.62. The number of hydrogen-bond donors (Lipinski definition) is 1. The lowest BCUT2D eigenvalue weighted by Crippen LogP contribution is -2.42. The lowest BCUT2D eigenvalue weighted by molar-refractivity contribution is -0.131. The monoisotopic (exact) mass is 357 g/mol. The first-order valence-corrected chi connectivity index (χ1v) is 9.13. The number of alkyl halides is 3. The van der Waals surface area contributed by atoms with E-state index in [2.05, 4.69) is 4.72 Å². The van der Waals surface area contributed by atoms with E-state index in [1.807, 2.05) is 0 Å². The van der Waals surface area contributed by atoms with Gasteiger partial charge < -0.3 is 0 Å². The average molecular weight is 357 g/mol. The Morgan fingerprint density at radius 1 is 1.14 bits per heavy atom. The Hall–Kier alpha value is -1.09. The number of rotatable bonds is 5. The fourth-order valence-corrected chi connectivity index (χ4v) is 5.68. The van der Waals surface area contributed by atoms with Gasteiger partial charge in [-0.15, -0.1) is 0 Å². The van der Waals surface area contributed by atoms with Crippen molar-refractivity contribution >= 4 is 26.5 Å². The Morgan fingerprint density at radius 3 is 2.05 bits per heavy atom. The highest BCUT2D eigenvalue weighted by Gasteiger charge is 2.45. The van der Waals surface area contributed by atoms with Gasteiger partial charge in [0.25, 0.3) is 0 Å². The van der Waals surface area contributed by atoms with Gasteiger partial charge in [-0.3, -0.25) is 8.93 Å². The summed E-state index contributed by atoms with van der Waals surface area (Å²) in [5.74, 6) is 0. The molecular formula is C13H18F3NO3S2. The van der Waals surface area contributed by atoms with Crippen LogP contribution in [0.4, 0.5) is 18.9 Å². The van der Waals surface area contributed by atoms with Crippen LogP contribution in [-0.2, 0) is 20.8 Å². The molecule has 126 valence electrons. The second-order valence-electron chi connectivity index (χ2n) is 5.67. The molecule has 0 fully saturated rings. The Labute approximate surface area is 130 Å². The normalized spacial score (nSPS) is 16.1. The van der Waals surface area contributed by atoms with Crippen LogP contribution < -0.4 is 4.72 Å².